The number of methoxy groups -OCH3 is 1. The van der Waals surface area contributed by atoms with E-state index in [9.17, 15) is 9.18 Å². The number of imidazole rings is 2. The molecule has 1 amide bonds. The molecule has 0 unspecified atom stereocenters. The topological polar surface area (TPSA) is 194 Å². The van der Waals surface area contributed by atoms with Crippen molar-refractivity contribution in [3.63, 3.8) is 0 Å². The molecule has 328 valence electrons. The van der Waals surface area contributed by atoms with E-state index in [1.165, 1.54) is 13.2 Å². The number of hydrogen-bond acceptors (Lipinski definition) is 15. The van der Waals surface area contributed by atoms with Gasteiger partial charge in [-0.15, -0.1) is 5.10 Å². The molecule has 20 nitrogen and oxygen atoms in total. The third-order valence-electron chi connectivity index (χ3n) is 11.8. The lowest BCUT2D eigenvalue weighted by Gasteiger charge is -2.32. The molecule has 3 aliphatic rings. The molecular formula is C40H45F3N18O2. The van der Waals surface area contributed by atoms with Crippen LogP contribution in [0.2, 0.25) is 0 Å². The number of nitrogens with zero attached hydrogens (tertiary/aromatic N) is 15. The third-order valence-corrected chi connectivity index (χ3v) is 11.8. The van der Waals surface area contributed by atoms with Crippen LogP contribution in [0.3, 0.4) is 0 Å². The van der Waals surface area contributed by atoms with Crippen molar-refractivity contribution in [2.75, 3.05) is 73.9 Å². The second-order valence-electron chi connectivity index (χ2n) is 16.3. The van der Waals surface area contributed by atoms with Crippen molar-refractivity contribution >= 4 is 63.1 Å². The van der Waals surface area contributed by atoms with Gasteiger partial charge in [-0.25, -0.2) is 23.1 Å². The number of piperazine rings is 1. The summed E-state index contributed by atoms with van der Waals surface area (Å²) in [6.45, 7) is 7.03. The van der Waals surface area contributed by atoms with Gasteiger partial charge in [0.2, 0.25) is 23.8 Å². The van der Waals surface area contributed by atoms with Crippen LogP contribution in [0.4, 0.5) is 42.5 Å². The summed E-state index contributed by atoms with van der Waals surface area (Å²) in [5, 5.41) is 18.2. The minimum Gasteiger partial charge on any atom is -0.478 e. The zero-order valence-corrected chi connectivity index (χ0v) is 35.1. The SMILES string of the molecule is C=C(Cn1c(CNc2nc(N3CCN(C)CC3)nc3c(C4CC4)cnn23)nc2c(F)c(F)ccc21)C(=O)N[C@@H]1CN(c2nc(Nc3cn(C)nc3OC)c3ncn(C)c3n2)C[C@H]1F. The lowest BCUT2D eigenvalue weighted by Crippen LogP contribution is -2.45. The molecule has 6 aromatic heterocycles. The largest absolute Gasteiger partial charge is 0.478 e. The summed E-state index contributed by atoms with van der Waals surface area (Å²) < 4.78 is 57.6. The number of carbonyl (C=O) groups excluding carboxylic acids is 1. The first kappa shape index (κ1) is 40.1. The molecule has 2 saturated heterocycles. The van der Waals surface area contributed by atoms with E-state index in [0.717, 1.165) is 50.7 Å². The fourth-order valence-corrected chi connectivity index (χ4v) is 8.13. The zero-order chi connectivity index (χ0) is 43.7. The van der Waals surface area contributed by atoms with Gasteiger partial charge in [0.1, 0.15) is 23.2 Å². The Morgan fingerprint density at radius 1 is 0.952 bits per heavy atom. The molecule has 1 aliphatic carbocycles. The van der Waals surface area contributed by atoms with Gasteiger partial charge >= 0.3 is 0 Å². The van der Waals surface area contributed by atoms with Crippen molar-refractivity contribution in [1.82, 2.24) is 68.6 Å². The van der Waals surface area contributed by atoms with E-state index in [-0.39, 0.29) is 54.6 Å². The molecule has 1 aromatic carbocycles. The number of nitrogens with one attached hydrogen (secondary N) is 3. The Balaban J connectivity index is 0.880. The predicted molar refractivity (Wildman–Crippen MR) is 227 cm³/mol. The second-order valence-corrected chi connectivity index (χ2v) is 16.3. The molecule has 63 heavy (non-hydrogen) atoms. The summed E-state index contributed by atoms with van der Waals surface area (Å²) in [5.41, 5.74) is 3.36. The average Bonchev–Trinajstić information content (AvgIpc) is 3.53. The normalized spacial score (nSPS) is 18.3. The number of amides is 1. The van der Waals surface area contributed by atoms with E-state index in [2.05, 4.69) is 64.5 Å². The number of benzene rings is 1. The van der Waals surface area contributed by atoms with Gasteiger partial charge < -0.3 is 44.5 Å². The van der Waals surface area contributed by atoms with Crippen LogP contribution in [0.1, 0.15) is 30.1 Å². The molecule has 10 rings (SSSR count). The van der Waals surface area contributed by atoms with Crippen LogP contribution >= 0.6 is 0 Å². The van der Waals surface area contributed by atoms with Crippen molar-refractivity contribution in [1.29, 1.82) is 0 Å². The van der Waals surface area contributed by atoms with E-state index >= 15 is 8.78 Å². The van der Waals surface area contributed by atoms with Gasteiger partial charge in [-0.3, -0.25) is 9.48 Å². The number of fused-ring (bicyclic) bond motifs is 3. The highest BCUT2D eigenvalue weighted by molar-refractivity contribution is 5.93. The van der Waals surface area contributed by atoms with E-state index in [1.807, 2.05) is 6.20 Å². The van der Waals surface area contributed by atoms with Crippen LogP contribution in [-0.4, -0.2) is 135 Å². The van der Waals surface area contributed by atoms with Gasteiger partial charge in [0.25, 0.3) is 5.88 Å². The minimum atomic E-state index is -1.49. The Labute approximate surface area is 357 Å². The Kier molecular flexibility index (Phi) is 9.98. The van der Waals surface area contributed by atoms with Crippen LogP contribution in [0.25, 0.3) is 27.8 Å². The summed E-state index contributed by atoms with van der Waals surface area (Å²) in [5.74, 6) is -0.262. The van der Waals surface area contributed by atoms with Gasteiger partial charge in [0.05, 0.1) is 57.0 Å². The molecule has 7 aromatic rings. The Bertz CT molecular complexity index is 2910. The average molecular weight is 867 g/mol. The van der Waals surface area contributed by atoms with Gasteiger partial charge in [-0.05, 0) is 37.9 Å². The van der Waals surface area contributed by atoms with Crippen LogP contribution in [0, 0.1) is 11.6 Å². The third kappa shape index (κ3) is 7.44. The summed E-state index contributed by atoms with van der Waals surface area (Å²) in [6.07, 6.45) is 5.79. The molecule has 0 bridgehead atoms. The quantitative estimate of drug-likeness (QED) is 0.143. The maximum absolute atomic E-state index is 15.8. The number of aryl methyl sites for hydroxylation is 2. The number of anilines is 5. The molecule has 0 radical (unpaired) electrons. The number of hydrogen-bond donors (Lipinski definition) is 3. The van der Waals surface area contributed by atoms with Crippen LogP contribution in [0.15, 0.2) is 43.0 Å². The van der Waals surface area contributed by atoms with Gasteiger partial charge in [-0.1, -0.05) is 6.58 Å². The first-order valence-corrected chi connectivity index (χ1v) is 20.6. The molecule has 8 heterocycles. The zero-order valence-electron chi connectivity index (χ0n) is 35.1. The fourth-order valence-electron chi connectivity index (χ4n) is 8.13. The number of likely N-dealkylation sites (N-methyl/N-ethyl adjacent to an activating group) is 1. The number of alkyl halides is 1. The predicted octanol–water partition coefficient (Wildman–Crippen LogP) is 3.06. The number of rotatable bonds is 13. The summed E-state index contributed by atoms with van der Waals surface area (Å²) in [7, 11) is 7.13. The summed E-state index contributed by atoms with van der Waals surface area (Å²) in [4.78, 5) is 48.0. The molecule has 2 atom stereocenters. The summed E-state index contributed by atoms with van der Waals surface area (Å²) in [6, 6.07) is 1.46. The highest BCUT2D eigenvalue weighted by Crippen LogP contribution is 2.42. The molecule has 2 aliphatic heterocycles. The number of halogens is 3. The van der Waals surface area contributed by atoms with E-state index in [1.54, 1.807) is 49.9 Å². The maximum Gasteiger partial charge on any atom is 0.256 e. The monoisotopic (exact) mass is 866 g/mol. The Hall–Kier alpha value is -7.04. The highest BCUT2D eigenvalue weighted by Gasteiger charge is 2.37. The number of carbonyl (C=O) groups is 1. The molecule has 0 spiro atoms. The number of aromatic nitrogens is 12. The molecule has 3 fully saturated rings. The lowest BCUT2D eigenvalue weighted by atomic mass is 10.2. The van der Waals surface area contributed by atoms with Gasteiger partial charge in [0.15, 0.2) is 34.3 Å². The Morgan fingerprint density at radius 3 is 2.51 bits per heavy atom. The van der Waals surface area contributed by atoms with Crippen molar-refractivity contribution in [3.8, 4) is 5.88 Å². The smallest absolute Gasteiger partial charge is 0.256 e. The second kappa shape index (κ2) is 15.7. The maximum atomic E-state index is 15.8. The highest BCUT2D eigenvalue weighted by atomic mass is 19.2. The van der Waals surface area contributed by atoms with E-state index in [4.69, 9.17) is 19.7 Å². The fraction of sp³-hybridized carbons (Fsp3) is 0.425. The Morgan fingerprint density at radius 2 is 1.73 bits per heavy atom. The van der Waals surface area contributed by atoms with Gasteiger partial charge in [0, 0.05) is 58.0 Å². The van der Waals surface area contributed by atoms with E-state index < -0.39 is 29.8 Å². The molecule has 1 saturated carbocycles. The minimum absolute atomic E-state index is 0.00684. The van der Waals surface area contributed by atoms with Crippen molar-refractivity contribution in [2.24, 2.45) is 14.1 Å². The first-order chi connectivity index (χ1) is 30.4. The molecule has 3 N–H and O–H groups in total. The molecular weight excluding hydrogens is 822 g/mol. The summed E-state index contributed by atoms with van der Waals surface area (Å²) >= 11 is 0. The van der Waals surface area contributed by atoms with Crippen molar-refractivity contribution in [2.45, 2.75) is 44.1 Å². The van der Waals surface area contributed by atoms with Crippen LogP contribution in [0.5, 0.6) is 5.88 Å². The first-order valence-electron chi connectivity index (χ1n) is 20.6. The lowest BCUT2D eigenvalue weighted by molar-refractivity contribution is -0.118. The van der Waals surface area contributed by atoms with Crippen LogP contribution < -0.4 is 30.5 Å². The van der Waals surface area contributed by atoms with Gasteiger partial charge in [-0.2, -0.15) is 29.5 Å². The molecule has 23 heteroatoms. The van der Waals surface area contributed by atoms with Crippen molar-refractivity contribution < 1.29 is 22.7 Å². The van der Waals surface area contributed by atoms with E-state index in [0.29, 0.717) is 52.0 Å². The standard InChI is InChI=1S/C40H45F3N18O2/c1-21(36(62)48-26-19-59(17-25(26)42)39-50-33(32-35(52-39)56(3)20-45-32)47-27-18-57(4)54-37(27)63-5)16-60-28-9-8-24(41)30(43)31(28)49-29(60)15-44-38-53-40(58-12-10-55(2)11-13-58)51-34-23(22-6-7-22)14-46-61(34)38/h8-9,14,18,20,22,25-26H,1,6-7,10-13,15-17,19H2,2-5H3,(H,48,62)(H,44,51,53)(H,47,50,52)/t25-,26-/m1/s1. The van der Waals surface area contributed by atoms with Crippen LogP contribution in [-0.2, 0) is 32.0 Å². The van der Waals surface area contributed by atoms with Crippen molar-refractivity contribution in [3.05, 3.63) is 66.0 Å². The number of ether oxygens (including phenoxy) is 1.